The van der Waals surface area contributed by atoms with Gasteiger partial charge in [0.2, 0.25) is 5.91 Å². The molecule has 2 N–H and O–H groups in total. The summed E-state index contributed by atoms with van der Waals surface area (Å²) >= 11 is 0. The maximum atomic E-state index is 12.7. The van der Waals surface area contributed by atoms with E-state index in [0.717, 1.165) is 41.9 Å². The molecule has 1 aliphatic rings. The average Bonchev–Trinajstić information content (AvgIpc) is 3.03. The van der Waals surface area contributed by atoms with Gasteiger partial charge in [-0.05, 0) is 61.8 Å². The number of nitrogens with one attached hydrogen (secondary N) is 2. The minimum atomic E-state index is -0.104. The Hall–Kier alpha value is -2.66. The van der Waals surface area contributed by atoms with E-state index in [1.807, 2.05) is 49.5 Å². The molecule has 2 aromatic rings. The van der Waals surface area contributed by atoms with Gasteiger partial charge in [0.1, 0.15) is 0 Å². The number of rotatable bonds is 5. The highest BCUT2D eigenvalue weighted by Crippen LogP contribution is 2.30. The molecule has 0 aliphatic carbocycles. The summed E-state index contributed by atoms with van der Waals surface area (Å²) in [7, 11) is 1.90. The van der Waals surface area contributed by atoms with Gasteiger partial charge in [0.05, 0.1) is 0 Å². The van der Waals surface area contributed by atoms with Gasteiger partial charge in [-0.15, -0.1) is 0 Å². The van der Waals surface area contributed by atoms with E-state index in [1.54, 1.807) is 11.8 Å². The number of hydrogen-bond donors (Lipinski definition) is 2. The molecule has 5 nitrogen and oxygen atoms in total. The SMILES string of the molecule is CNCCc1ccccc1C(=O)Nc1ccc2c(c1)CCN2C(C)=O. The summed E-state index contributed by atoms with van der Waals surface area (Å²) in [5, 5.41) is 6.10. The Balaban J connectivity index is 1.78. The van der Waals surface area contributed by atoms with Crippen LogP contribution in [-0.4, -0.2) is 32.0 Å². The minimum absolute atomic E-state index is 0.0500. The average molecular weight is 337 g/mol. The normalized spacial score (nSPS) is 12.8. The second-order valence-electron chi connectivity index (χ2n) is 6.23. The van der Waals surface area contributed by atoms with Crippen molar-refractivity contribution >= 4 is 23.2 Å². The first-order chi connectivity index (χ1) is 12.1. The molecule has 0 saturated heterocycles. The van der Waals surface area contributed by atoms with Gasteiger partial charge in [0, 0.05) is 30.4 Å². The summed E-state index contributed by atoms with van der Waals surface area (Å²) in [6, 6.07) is 13.4. The number of anilines is 2. The predicted molar refractivity (Wildman–Crippen MR) is 100 cm³/mol. The third-order valence-electron chi connectivity index (χ3n) is 4.52. The van der Waals surface area contributed by atoms with Crippen LogP contribution in [0, 0.1) is 0 Å². The smallest absolute Gasteiger partial charge is 0.255 e. The van der Waals surface area contributed by atoms with Crippen LogP contribution >= 0.6 is 0 Å². The van der Waals surface area contributed by atoms with Crippen molar-refractivity contribution < 1.29 is 9.59 Å². The Labute approximate surface area is 148 Å². The summed E-state index contributed by atoms with van der Waals surface area (Å²) in [6.45, 7) is 3.10. The molecule has 0 atom stereocenters. The summed E-state index contributed by atoms with van der Waals surface area (Å²) in [6.07, 6.45) is 1.62. The Bertz CT molecular complexity index is 801. The summed E-state index contributed by atoms with van der Waals surface area (Å²) in [5.41, 5.74) is 4.52. The molecule has 0 fully saturated rings. The molecule has 0 aromatic heterocycles. The fraction of sp³-hybridized carbons (Fsp3) is 0.300. The number of hydrogen-bond acceptors (Lipinski definition) is 3. The van der Waals surface area contributed by atoms with Gasteiger partial charge in [-0.3, -0.25) is 9.59 Å². The highest BCUT2D eigenvalue weighted by atomic mass is 16.2. The van der Waals surface area contributed by atoms with Gasteiger partial charge in [0.15, 0.2) is 0 Å². The van der Waals surface area contributed by atoms with Crippen LogP contribution in [0.3, 0.4) is 0 Å². The van der Waals surface area contributed by atoms with Crippen molar-refractivity contribution in [3.05, 3.63) is 59.2 Å². The zero-order valence-corrected chi connectivity index (χ0v) is 14.6. The van der Waals surface area contributed by atoms with Crippen LogP contribution in [0.5, 0.6) is 0 Å². The molecule has 2 amide bonds. The number of benzene rings is 2. The molecular weight excluding hydrogens is 314 g/mol. The largest absolute Gasteiger partial charge is 0.322 e. The van der Waals surface area contributed by atoms with Crippen molar-refractivity contribution in [3.8, 4) is 0 Å². The van der Waals surface area contributed by atoms with Crippen molar-refractivity contribution in [2.75, 3.05) is 30.4 Å². The molecule has 1 heterocycles. The maximum Gasteiger partial charge on any atom is 0.255 e. The number of fused-ring (bicyclic) bond motifs is 1. The molecule has 5 heteroatoms. The topological polar surface area (TPSA) is 61.4 Å². The fourth-order valence-corrected chi connectivity index (χ4v) is 3.22. The molecule has 0 saturated carbocycles. The van der Waals surface area contributed by atoms with Crippen molar-refractivity contribution in [2.24, 2.45) is 0 Å². The highest BCUT2D eigenvalue weighted by Gasteiger charge is 2.22. The second kappa shape index (κ2) is 7.49. The zero-order valence-electron chi connectivity index (χ0n) is 14.6. The van der Waals surface area contributed by atoms with Gasteiger partial charge < -0.3 is 15.5 Å². The van der Waals surface area contributed by atoms with Crippen molar-refractivity contribution in [2.45, 2.75) is 19.8 Å². The number of amides is 2. The maximum absolute atomic E-state index is 12.7. The van der Waals surface area contributed by atoms with Crippen LogP contribution in [-0.2, 0) is 17.6 Å². The Kier molecular flexibility index (Phi) is 5.14. The van der Waals surface area contributed by atoms with Crippen LogP contribution in [0.1, 0.15) is 28.4 Å². The standard InChI is InChI=1S/C20H23N3O2/c1-14(24)23-12-10-16-13-17(7-8-19(16)23)22-20(25)18-6-4-3-5-15(18)9-11-21-2/h3-8,13,21H,9-12H2,1-2H3,(H,22,25). The van der Waals surface area contributed by atoms with Crippen LogP contribution in [0.25, 0.3) is 0 Å². The monoisotopic (exact) mass is 337 g/mol. The van der Waals surface area contributed by atoms with Crippen LogP contribution in [0.2, 0.25) is 0 Å². The summed E-state index contributed by atoms with van der Waals surface area (Å²) < 4.78 is 0. The molecule has 3 rings (SSSR count). The molecule has 0 bridgehead atoms. The van der Waals surface area contributed by atoms with Crippen LogP contribution < -0.4 is 15.5 Å². The van der Waals surface area contributed by atoms with Crippen LogP contribution in [0.4, 0.5) is 11.4 Å². The lowest BCUT2D eigenvalue weighted by molar-refractivity contribution is -0.116. The first kappa shape index (κ1) is 17.2. The van der Waals surface area contributed by atoms with E-state index in [0.29, 0.717) is 12.1 Å². The van der Waals surface area contributed by atoms with Crippen molar-refractivity contribution in [1.82, 2.24) is 5.32 Å². The van der Waals surface area contributed by atoms with Crippen molar-refractivity contribution in [1.29, 1.82) is 0 Å². The zero-order chi connectivity index (χ0) is 17.8. The lowest BCUT2D eigenvalue weighted by atomic mass is 10.0. The Morgan fingerprint density at radius 3 is 2.72 bits per heavy atom. The van der Waals surface area contributed by atoms with E-state index in [2.05, 4.69) is 10.6 Å². The molecular formula is C20H23N3O2. The number of carbonyl (C=O) groups is 2. The Morgan fingerprint density at radius 1 is 1.16 bits per heavy atom. The van der Waals surface area contributed by atoms with Crippen LogP contribution in [0.15, 0.2) is 42.5 Å². The number of nitrogens with zero attached hydrogens (tertiary/aromatic N) is 1. The predicted octanol–water partition coefficient (Wildman–Crippen LogP) is 2.61. The highest BCUT2D eigenvalue weighted by molar-refractivity contribution is 6.05. The first-order valence-electron chi connectivity index (χ1n) is 8.55. The van der Waals surface area contributed by atoms with Gasteiger partial charge >= 0.3 is 0 Å². The first-order valence-corrected chi connectivity index (χ1v) is 8.55. The third-order valence-corrected chi connectivity index (χ3v) is 4.52. The van der Waals surface area contributed by atoms with E-state index >= 15 is 0 Å². The van der Waals surface area contributed by atoms with E-state index < -0.39 is 0 Å². The molecule has 0 unspecified atom stereocenters. The fourth-order valence-electron chi connectivity index (χ4n) is 3.22. The number of likely N-dealkylation sites (N-methyl/N-ethyl adjacent to an activating group) is 1. The van der Waals surface area contributed by atoms with E-state index in [4.69, 9.17) is 0 Å². The molecule has 1 aliphatic heterocycles. The lowest BCUT2D eigenvalue weighted by Crippen LogP contribution is -2.25. The Morgan fingerprint density at radius 2 is 1.96 bits per heavy atom. The minimum Gasteiger partial charge on any atom is -0.322 e. The molecule has 0 radical (unpaired) electrons. The molecule has 2 aromatic carbocycles. The summed E-state index contributed by atoms with van der Waals surface area (Å²) in [5.74, 6) is -0.0536. The third kappa shape index (κ3) is 3.72. The van der Waals surface area contributed by atoms with E-state index in [9.17, 15) is 9.59 Å². The van der Waals surface area contributed by atoms with E-state index in [1.165, 1.54) is 0 Å². The molecule has 130 valence electrons. The van der Waals surface area contributed by atoms with Gasteiger partial charge in [-0.25, -0.2) is 0 Å². The molecule has 0 spiro atoms. The van der Waals surface area contributed by atoms with Gasteiger partial charge in [-0.1, -0.05) is 18.2 Å². The van der Waals surface area contributed by atoms with Gasteiger partial charge in [0.25, 0.3) is 5.91 Å². The quantitative estimate of drug-likeness (QED) is 0.882. The number of carbonyl (C=O) groups excluding carboxylic acids is 2. The van der Waals surface area contributed by atoms with Crippen molar-refractivity contribution in [3.63, 3.8) is 0 Å². The van der Waals surface area contributed by atoms with Gasteiger partial charge in [-0.2, -0.15) is 0 Å². The lowest BCUT2D eigenvalue weighted by Gasteiger charge is -2.15. The van der Waals surface area contributed by atoms with E-state index in [-0.39, 0.29) is 11.8 Å². The summed E-state index contributed by atoms with van der Waals surface area (Å²) in [4.78, 5) is 26.1. The second-order valence-corrected chi connectivity index (χ2v) is 6.23. The molecule has 25 heavy (non-hydrogen) atoms.